The molecule has 1 aromatic heterocycles. The fourth-order valence-corrected chi connectivity index (χ4v) is 3.18. The number of hydrogen-bond donors (Lipinski definition) is 2. The van der Waals surface area contributed by atoms with E-state index in [9.17, 15) is 9.59 Å². The summed E-state index contributed by atoms with van der Waals surface area (Å²) in [4.78, 5) is 27.8. The predicted octanol–water partition coefficient (Wildman–Crippen LogP) is 2.91. The molecule has 0 aliphatic rings. The van der Waals surface area contributed by atoms with Crippen molar-refractivity contribution in [2.45, 2.75) is 26.1 Å². The highest BCUT2D eigenvalue weighted by molar-refractivity contribution is 7.71. The minimum absolute atomic E-state index is 0.137. The van der Waals surface area contributed by atoms with Gasteiger partial charge in [-0.05, 0) is 35.5 Å². The Morgan fingerprint density at radius 1 is 1.19 bits per heavy atom. The first-order valence-electron chi connectivity index (χ1n) is 8.64. The Kier molecular flexibility index (Phi) is 6.16. The SMILES string of the molecule is COCc1cccc(CNC(=O)CCn2c(=S)[nH]c3ccccc3c2=O)c1. The first-order chi connectivity index (χ1) is 13.1. The number of ether oxygens (including phenoxy) is 1. The van der Waals surface area contributed by atoms with Crippen LogP contribution < -0.4 is 10.9 Å². The van der Waals surface area contributed by atoms with Crippen molar-refractivity contribution in [1.82, 2.24) is 14.9 Å². The third-order valence-electron chi connectivity index (χ3n) is 4.24. The molecule has 0 fully saturated rings. The van der Waals surface area contributed by atoms with Crippen LogP contribution in [0.4, 0.5) is 0 Å². The Hall–Kier alpha value is -2.77. The number of carbonyl (C=O) groups is 1. The number of aromatic amines is 1. The molecule has 0 radical (unpaired) electrons. The predicted molar refractivity (Wildman–Crippen MR) is 107 cm³/mol. The summed E-state index contributed by atoms with van der Waals surface area (Å²) in [5.74, 6) is -0.137. The smallest absolute Gasteiger partial charge is 0.262 e. The van der Waals surface area contributed by atoms with Gasteiger partial charge in [-0.15, -0.1) is 0 Å². The van der Waals surface area contributed by atoms with Gasteiger partial charge in [0.05, 0.1) is 17.5 Å². The largest absolute Gasteiger partial charge is 0.380 e. The van der Waals surface area contributed by atoms with E-state index in [-0.39, 0.29) is 24.4 Å². The van der Waals surface area contributed by atoms with Crippen LogP contribution in [0.2, 0.25) is 0 Å². The maximum absolute atomic E-state index is 12.6. The molecule has 6 nitrogen and oxygen atoms in total. The summed E-state index contributed by atoms with van der Waals surface area (Å²) in [6, 6.07) is 15.0. The van der Waals surface area contributed by atoms with Gasteiger partial charge in [0, 0.05) is 26.6 Å². The Morgan fingerprint density at radius 2 is 1.96 bits per heavy atom. The van der Waals surface area contributed by atoms with Gasteiger partial charge in [0.1, 0.15) is 0 Å². The molecule has 0 aliphatic heterocycles. The van der Waals surface area contributed by atoms with E-state index >= 15 is 0 Å². The van der Waals surface area contributed by atoms with Gasteiger partial charge in [-0.3, -0.25) is 14.2 Å². The van der Waals surface area contributed by atoms with Gasteiger partial charge in [-0.2, -0.15) is 0 Å². The maximum atomic E-state index is 12.6. The molecule has 0 spiro atoms. The second-order valence-electron chi connectivity index (χ2n) is 6.21. The fourth-order valence-electron chi connectivity index (χ4n) is 2.90. The minimum atomic E-state index is -0.186. The van der Waals surface area contributed by atoms with Gasteiger partial charge in [-0.1, -0.05) is 36.4 Å². The zero-order chi connectivity index (χ0) is 19.2. The number of nitrogens with one attached hydrogen (secondary N) is 2. The molecule has 0 atom stereocenters. The molecule has 1 amide bonds. The van der Waals surface area contributed by atoms with Crippen molar-refractivity contribution in [2.24, 2.45) is 0 Å². The van der Waals surface area contributed by atoms with Crippen molar-refractivity contribution >= 4 is 29.0 Å². The normalized spacial score (nSPS) is 10.9. The van der Waals surface area contributed by atoms with E-state index in [0.717, 1.165) is 11.1 Å². The molecule has 3 aromatic rings. The molecular weight excluding hydrogens is 362 g/mol. The lowest BCUT2D eigenvalue weighted by atomic mass is 10.1. The highest BCUT2D eigenvalue weighted by atomic mass is 32.1. The molecule has 0 saturated carbocycles. The lowest BCUT2D eigenvalue weighted by Gasteiger charge is -2.09. The summed E-state index contributed by atoms with van der Waals surface area (Å²) < 4.78 is 6.86. The topological polar surface area (TPSA) is 76.1 Å². The molecule has 2 aromatic carbocycles. The number of aromatic nitrogens is 2. The molecule has 0 aliphatic carbocycles. The zero-order valence-corrected chi connectivity index (χ0v) is 15.8. The van der Waals surface area contributed by atoms with Gasteiger partial charge in [0.2, 0.25) is 5.91 Å². The Bertz CT molecular complexity index is 1070. The highest BCUT2D eigenvalue weighted by Gasteiger charge is 2.08. The number of amides is 1. The summed E-state index contributed by atoms with van der Waals surface area (Å²) in [7, 11) is 1.65. The van der Waals surface area contributed by atoms with Crippen LogP contribution in [-0.4, -0.2) is 22.6 Å². The van der Waals surface area contributed by atoms with Gasteiger partial charge >= 0.3 is 0 Å². The second-order valence-corrected chi connectivity index (χ2v) is 6.60. The number of methoxy groups -OCH3 is 1. The van der Waals surface area contributed by atoms with E-state index in [1.807, 2.05) is 30.3 Å². The van der Waals surface area contributed by atoms with Crippen LogP contribution in [0, 0.1) is 4.77 Å². The van der Waals surface area contributed by atoms with Crippen LogP contribution in [0.15, 0.2) is 53.3 Å². The Morgan fingerprint density at radius 3 is 2.78 bits per heavy atom. The van der Waals surface area contributed by atoms with E-state index in [1.54, 1.807) is 25.3 Å². The molecule has 140 valence electrons. The molecule has 2 N–H and O–H groups in total. The van der Waals surface area contributed by atoms with Crippen molar-refractivity contribution in [3.05, 3.63) is 74.8 Å². The zero-order valence-electron chi connectivity index (χ0n) is 15.0. The summed E-state index contributed by atoms with van der Waals surface area (Å²) in [5, 5.41) is 3.43. The fraction of sp³-hybridized carbons (Fsp3) is 0.250. The minimum Gasteiger partial charge on any atom is -0.380 e. The van der Waals surface area contributed by atoms with Gasteiger partial charge in [-0.25, -0.2) is 0 Å². The molecule has 0 bridgehead atoms. The number of rotatable bonds is 7. The first kappa shape index (κ1) is 19.0. The van der Waals surface area contributed by atoms with Crippen molar-refractivity contribution in [1.29, 1.82) is 0 Å². The number of nitrogens with zero attached hydrogens (tertiary/aromatic N) is 1. The van der Waals surface area contributed by atoms with Crippen LogP contribution in [0.1, 0.15) is 17.5 Å². The van der Waals surface area contributed by atoms with Crippen LogP contribution in [0.5, 0.6) is 0 Å². The molecule has 27 heavy (non-hydrogen) atoms. The molecule has 3 rings (SSSR count). The van der Waals surface area contributed by atoms with E-state index in [2.05, 4.69) is 10.3 Å². The molecule has 0 unspecified atom stereocenters. The van der Waals surface area contributed by atoms with E-state index in [1.165, 1.54) is 4.57 Å². The van der Waals surface area contributed by atoms with Crippen LogP contribution in [0.25, 0.3) is 10.9 Å². The maximum Gasteiger partial charge on any atom is 0.262 e. The molecule has 0 saturated heterocycles. The molecule has 7 heteroatoms. The molecular formula is C20H21N3O3S. The third kappa shape index (κ3) is 4.69. The quantitative estimate of drug-likeness (QED) is 0.615. The standard InChI is InChI=1S/C20H21N3O3S/c1-26-13-15-6-4-5-14(11-15)12-21-18(24)9-10-23-19(25)16-7-2-3-8-17(16)22-20(23)27/h2-8,11H,9-10,12-13H2,1H3,(H,21,24)(H,22,27). The van der Waals surface area contributed by atoms with E-state index < -0.39 is 0 Å². The first-order valence-corrected chi connectivity index (χ1v) is 9.04. The Labute approximate surface area is 161 Å². The van der Waals surface area contributed by atoms with Crippen LogP contribution in [0.3, 0.4) is 0 Å². The number of benzene rings is 2. The highest BCUT2D eigenvalue weighted by Crippen LogP contribution is 2.07. The second kappa shape index (κ2) is 8.75. The Balaban J connectivity index is 1.63. The lowest BCUT2D eigenvalue weighted by molar-refractivity contribution is -0.121. The van der Waals surface area contributed by atoms with Gasteiger partial charge < -0.3 is 15.0 Å². The van der Waals surface area contributed by atoms with Gasteiger partial charge in [0.15, 0.2) is 4.77 Å². The number of carbonyl (C=O) groups excluding carboxylic acids is 1. The lowest BCUT2D eigenvalue weighted by Crippen LogP contribution is -2.28. The average Bonchev–Trinajstić information content (AvgIpc) is 2.67. The number of H-pyrrole nitrogens is 1. The number of fused-ring (bicyclic) bond motifs is 1. The summed E-state index contributed by atoms with van der Waals surface area (Å²) >= 11 is 5.26. The monoisotopic (exact) mass is 383 g/mol. The van der Waals surface area contributed by atoms with E-state index in [4.69, 9.17) is 17.0 Å². The van der Waals surface area contributed by atoms with Crippen molar-refractivity contribution in [2.75, 3.05) is 7.11 Å². The van der Waals surface area contributed by atoms with Crippen molar-refractivity contribution < 1.29 is 9.53 Å². The number of hydrogen-bond acceptors (Lipinski definition) is 4. The third-order valence-corrected chi connectivity index (χ3v) is 4.57. The van der Waals surface area contributed by atoms with Crippen LogP contribution >= 0.6 is 12.2 Å². The summed E-state index contributed by atoms with van der Waals surface area (Å²) in [6.45, 7) is 1.19. The number of para-hydroxylation sites is 1. The van der Waals surface area contributed by atoms with E-state index in [0.29, 0.717) is 28.8 Å². The summed E-state index contributed by atoms with van der Waals surface area (Å²) in [5.41, 5.74) is 2.56. The van der Waals surface area contributed by atoms with Crippen molar-refractivity contribution in [3.63, 3.8) is 0 Å². The van der Waals surface area contributed by atoms with Crippen LogP contribution in [-0.2, 0) is 29.2 Å². The average molecular weight is 383 g/mol. The van der Waals surface area contributed by atoms with Crippen molar-refractivity contribution in [3.8, 4) is 0 Å². The van der Waals surface area contributed by atoms with Gasteiger partial charge in [0.25, 0.3) is 5.56 Å². The summed E-state index contributed by atoms with van der Waals surface area (Å²) in [6.07, 6.45) is 0.174. The molecule has 1 heterocycles.